The number of carbonyl (C=O) groups excluding carboxylic acids is 2. The molecule has 0 radical (unpaired) electrons. The Morgan fingerprint density at radius 1 is 1.00 bits per heavy atom. The largest absolute Gasteiger partial charge is 0.326 e. The normalized spacial score (nSPS) is 15.1. The highest BCUT2D eigenvalue weighted by molar-refractivity contribution is 8.00. The lowest BCUT2D eigenvalue weighted by Crippen LogP contribution is -2.32. The molecule has 0 spiro atoms. The summed E-state index contributed by atoms with van der Waals surface area (Å²) in [6.45, 7) is 2.44. The number of nitrogens with one attached hydrogen (secondary N) is 2. The van der Waals surface area contributed by atoms with Crippen LogP contribution in [0.2, 0.25) is 5.02 Å². The molecule has 0 bridgehead atoms. The standard InChI is InChI=1S/C22H26ClN3O4S2/c1-16(27)24-17-6-8-18(9-7-17)31-15-22(28)25-21-14-19(10-11-20(21)23)32(29,30)26-12-4-2-3-5-13-26/h6-11,14H,2-5,12-13,15H2,1H3,(H,24,27)(H,25,28). The van der Waals surface area contributed by atoms with Crippen molar-refractivity contribution in [3.8, 4) is 0 Å². The molecule has 2 N–H and O–H groups in total. The number of halogens is 1. The van der Waals surface area contributed by atoms with E-state index < -0.39 is 10.0 Å². The predicted molar refractivity (Wildman–Crippen MR) is 129 cm³/mol. The quantitative estimate of drug-likeness (QED) is 0.547. The van der Waals surface area contributed by atoms with Crippen LogP contribution in [0.15, 0.2) is 52.3 Å². The first-order chi connectivity index (χ1) is 15.3. The van der Waals surface area contributed by atoms with E-state index in [1.54, 1.807) is 12.1 Å². The molecule has 1 aliphatic heterocycles. The van der Waals surface area contributed by atoms with E-state index >= 15 is 0 Å². The van der Waals surface area contributed by atoms with Gasteiger partial charge >= 0.3 is 0 Å². The second kappa shape index (κ2) is 11.2. The van der Waals surface area contributed by atoms with Crippen LogP contribution in [0.25, 0.3) is 0 Å². The van der Waals surface area contributed by atoms with Crippen LogP contribution in [0.3, 0.4) is 0 Å². The number of anilines is 2. The molecule has 172 valence electrons. The molecule has 2 amide bonds. The Labute approximate surface area is 198 Å². The minimum absolute atomic E-state index is 0.124. The second-order valence-electron chi connectivity index (χ2n) is 7.50. The average Bonchev–Trinajstić information content (AvgIpc) is 3.04. The highest BCUT2D eigenvalue weighted by Gasteiger charge is 2.26. The lowest BCUT2D eigenvalue weighted by Gasteiger charge is -2.20. The fourth-order valence-corrected chi connectivity index (χ4v) is 5.77. The third-order valence-corrected chi connectivity index (χ3v) is 8.20. The Bertz CT molecular complexity index is 1070. The molecule has 10 heteroatoms. The topological polar surface area (TPSA) is 95.6 Å². The lowest BCUT2D eigenvalue weighted by atomic mass is 10.2. The number of sulfonamides is 1. The fourth-order valence-electron chi connectivity index (χ4n) is 3.36. The van der Waals surface area contributed by atoms with Crippen molar-refractivity contribution in [1.82, 2.24) is 4.31 Å². The van der Waals surface area contributed by atoms with Gasteiger partial charge in [-0.3, -0.25) is 9.59 Å². The maximum atomic E-state index is 13.0. The zero-order chi connectivity index (χ0) is 23.1. The number of benzene rings is 2. The number of nitrogens with zero attached hydrogens (tertiary/aromatic N) is 1. The van der Waals surface area contributed by atoms with Crippen molar-refractivity contribution in [3.63, 3.8) is 0 Å². The maximum Gasteiger partial charge on any atom is 0.243 e. The minimum atomic E-state index is -3.64. The molecule has 1 aliphatic rings. The number of hydrogen-bond acceptors (Lipinski definition) is 5. The van der Waals surface area contributed by atoms with Gasteiger partial charge in [-0.2, -0.15) is 4.31 Å². The van der Waals surface area contributed by atoms with Crippen molar-refractivity contribution in [3.05, 3.63) is 47.5 Å². The molecule has 0 aliphatic carbocycles. The summed E-state index contributed by atoms with van der Waals surface area (Å²) in [4.78, 5) is 24.5. The van der Waals surface area contributed by atoms with Crippen molar-refractivity contribution in [2.75, 3.05) is 29.5 Å². The zero-order valence-corrected chi connectivity index (χ0v) is 20.2. The van der Waals surface area contributed by atoms with Gasteiger partial charge in [0.25, 0.3) is 0 Å². The van der Waals surface area contributed by atoms with E-state index in [9.17, 15) is 18.0 Å². The van der Waals surface area contributed by atoms with Crippen LogP contribution in [0, 0.1) is 0 Å². The van der Waals surface area contributed by atoms with Gasteiger partial charge in [0, 0.05) is 30.6 Å². The monoisotopic (exact) mass is 495 g/mol. The first kappa shape index (κ1) is 24.6. The van der Waals surface area contributed by atoms with Crippen LogP contribution in [0.1, 0.15) is 32.6 Å². The maximum absolute atomic E-state index is 13.0. The summed E-state index contributed by atoms with van der Waals surface area (Å²) in [5.74, 6) is -0.326. The Balaban J connectivity index is 1.64. The molecule has 0 saturated carbocycles. The van der Waals surface area contributed by atoms with E-state index in [1.165, 1.54) is 41.2 Å². The molecule has 1 saturated heterocycles. The Kier molecular flexibility index (Phi) is 8.58. The van der Waals surface area contributed by atoms with Gasteiger partial charge in [0.2, 0.25) is 21.8 Å². The summed E-state index contributed by atoms with van der Waals surface area (Å²) in [6, 6.07) is 11.5. The second-order valence-corrected chi connectivity index (χ2v) is 10.9. The summed E-state index contributed by atoms with van der Waals surface area (Å²) in [7, 11) is -3.64. The number of rotatable bonds is 7. The molecule has 0 atom stereocenters. The lowest BCUT2D eigenvalue weighted by molar-refractivity contribution is -0.114. The summed E-state index contributed by atoms with van der Waals surface area (Å²) in [6.07, 6.45) is 3.75. The van der Waals surface area contributed by atoms with Gasteiger partial charge in [-0.15, -0.1) is 11.8 Å². The van der Waals surface area contributed by atoms with Gasteiger partial charge in [0.15, 0.2) is 0 Å². The summed E-state index contributed by atoms with van der Waals surface area (Å²) < 4.78 is 27.6. The molecule has 2 aromatic carbocycles. The first-order valence-electron chi connectivity index (χ1n) is 10.4. The number of amides is 2. The third kappa shape index (κ3) is 6.71. The SMILES string of the molecule is CC(=O)Nc1ccc(SCC(=O)Nc2cc(S(=O)(=O)N3CCCCCC3)ccc2Cl)cc1. The zero-order valence-electron chi connectivity index (χ0n) is 17.8. The molecule has 7 nitrogen and oxygen atoms in total. The molecule has 0 unspecified atom stereocenters. The molecular formula is C22H26ClN3O4S2. The predicted octanol–water partition coefficient (Wildman–Crippen LogP) is 4.59. The van der Waals surface area contributed by atoms with Gasteiger partial charge in [0.1, 0.15) is 0 Å². The summed E-state index contributed by atoms with van der Waals surface area (Å²) >= 11 is 7.54. The third-order valence-electron chi connectivity index (χ3n) is 4.96. The molecule has 2 aromatic rings. The number of thioether (sulfide) groups is 1. The van der Waals surface area contributed by atoms with Crippen molar-refractivity contribution in [2.45, 2.75) is 42.4 Å². The Morgan fingerprint density at radius 3 is 2.28 bits per heavy atom. The Hall–Kier alpha value is -2.07. The van der Waals surface area contributed by atoms with Crippen molar-refractivity contribution in [1.29, 1.82) is 0 Å². The molecule has 0 aromatic heterocycles. The average molecular weight is 496 g/mol. The van der Waals surface area contributed by atoms with E-state index in [2.05, 4.69) is 10.6 Å². The summed E-state index contributed by atoms with van der Waals surface area (Å²) in [5, 5.41) is 5.68. The van der Waals surface area contributed by atoms with E-state index in [1.807, 2.05) is 12.1 Å². The molecular weight excluding hydrogens is 470 g/mol. The number of carbonyl (C=O) groups is 2. The van der Waals surface area contributed by atoms with Crippen LogP contribution in [0.5, 0.6) is 0 Å². The molecule has 3 rings (SSSR count). The first-order valence-corrected chi connectivity index (χ1v) is 13.2. The van der Waals surface area contributed by atoms with E-state index in [0.717, 1.165) is 30.6 Å². The van der Waals surface area contributed by atoms with Gasteiger partial charge in [-0.25, -0.2) is 8.42 Å². The number of hydrogen-bond donors (Lipinski definition) is 2. The van der Waals surface area contributed by atoms with Gasteiger partial charge in [-0.1, -0.05) is 24.4 Å². The Morgan fingerprint density at radius 2 is 1.66 bits per heavy atom. The van der Waals surface area contributed by atoms with Crippen LogP contribution < -0.4 is 10.6 Å². The molecule has 1 heterocycles. The van der Waals surface area contributed by atoms with E-state index in [4.69, 9.17) is 11.6 Å². The van der Waals surface area contributed by atoms with Crippen LogP contribution >= 0.6 is 23.4 Å². The van der Waals surface area contributed by atoms with Crippen LogP contribution in [-0.2, 0) is 19.6 Å². The van der Waals surface area contributed by atoms with Gasteiger partial charge < -0.3 is 10.6 Å². The minimum Gasteiger partial charge on any atom is -0.326 e. The van der Waals surface area contributed by atoms with Crippen molar-refractivity contribution >= 4 is 56.6 Å². The van der Waals surface area contributed by atoms with Crippen LogP contribution in [-0.4, -0.2) is 43.4 Å². The highest BCUT2D eigenvalue weighted by atomic mass is 35.5. The van der Waals surface area contributed by atoms with Crippen molar-refractivity contribution < 1.29 is 18.0 Å². The van der Waals surface area contributed by atoms with Gasteiger partial charge in [-0.05, 0) is 55.3 Å². The fraction of sp³-hybridized carbons (Fsp3) is 0.364. The smallest absolute Gasteiger partial charge is 0.243 e. The van der Waals surface area contributed by atoms with Crippen molar-refractivity contribution in [2.24, 2.45) is 0 Å². The molecule has 1 fully saturated rings. The highest BCUT2D eigenvalue weighted by Crippen LogP contribution is 2.29. The summed E-state index contributed by atoms with van der Waals surface area (Å²) in [5.41, 5.74) is 0.953. The van der Waals surface area contributed by atoms with E-state index in [0.29, 0.717) is 18.8 Å². The van der Waals surface area contributed by atoms with Crippen LogP contribution in [0.4, 0.5) is 11.4 Å². The molecule has 32 heavy (non-hydrogen) atoms. The van der Waals surface area contributed by atoms with Gasteiger partial charge in [0.05, 0.1) is 21.4 Å². The van der Waals surface area contributed by atoms with E-state index in [-0.39, 0.29) is 33.2 Å².